The number of urea groups is 1. The number of anilines is 2. The standard InChI is InChI=1S/C28H32F3N3O5/c29-28(30,31)16-6-8-18(9-7-16)33-27(37)34-19-10-11-23-21(12-19)22-13-20(38-24(15-35)26(22)39-23)14-25(36)32-17-4-2-1-3-5-17/h6-12,17,20,22,24,26,35H,1-5,13-15H2,(H,32,36)(H2,33,34,37)/t20-,22+,24+,26-/m0/s1. The number of hydrogen-bond donors (Lipinski definition) is 4. The molecule has 0 aromatic heterocycles. The molecule has 3 amide bonds. The molecule has 8 nitrogen and oxygen atoms in total. The monoisotopic (exact) mass is 547 g/mol. The van der Waals surface area contributed by atoms with Gasteiger partial charge in [-0.3, -0.25) is 4.79 Å². The first kappa shape index (κ1) is 27.3. The van der Waals surface area contributed by atoms with Crippen LogP contribution in [0.2, 0.25) is 0 Å². The number of aliphatic hydroxyl groups is 1. The molecule has 0 spiro atoms. The Morgan fingerprint density at radius 3 is 2.36 bits per heavy atom. The van der Waals surface area contributed by atoms with Crippen LogP contribution in [-0.4, -0.2) is 48.0 Å². The van der Waals surface area contributed by atoms with Crippen molar-refractivity contribution in [2.75, 3.05) is 17.2 Å². The zero-order chi connectivity index (χ0) is 27.6. The first-order valence-corrected chi connectivity index (χ1v) is 13.3. The third-order valence-electron chi connectivity index (χ3n) is 7.61. The Kier molecular flexibility index (Phi) is 7.99. The van der Waals surface area contributed by atoms with E-state index in [1.807, 2.05) is 0 Å². The van der Waals surface area contributed by atoms with Gasteiger partial charge in [-0.2, -0.15) is 13.2 Å². The van der Waals surface area contributed by atoms with Gasteiger partial charge >= 0.3 is 12.2 Å². The van der Waals surface area contributed by atoms with Gasteiger partial charge in [0.05, 0.1) is 24.7 Å². The predicted octanol–water partition coefficient (Wildman–Crippen LogP) is 5.18. The fraction of sp³-hybridized carbons (Fsp3) is 0.500. The van der Waals surface area contributed by atoms with Crippen LogP contribution in [-0.2, 0) is 15.7 Å². The van der Waals surface area contributed by atoms with Gasteiger partial charge in [-0.05, 0) is 61.7 Å². The Hall–Kier alpha value is -3.31. The van der Waals surface area contributed by atoms with Crippen molar-refractivity contribution < 1.29 is 37.3 Å². The second-order valence-electron chi connectivity index (χ2n) is 10.4. The van der Waals surface area contributed by atoms with Gasteiger partial charge in [-0.25, -0.2) is 4.79 Å². The normalized spacial score (nSPS) is 24.7. The summed E-state index contributed by atoms with van der Waals surface area (Å²) in [6, 6.07) is 8.93. The van der Waals surface area contributed by atoms with E-state index in [9.17, 15) is 27.9 Å². The lowest BCUT2D eigenvalue weighted by molar-refractivity contribution is -0.143. The van der Waals surface area contributed by atoms with Crippen molar-refractivity contribution in [2.24, 2.45) is 0 Å². The van der Waals surface area contributed by atoms with Crippen molar-refractivity contribution in [1.29, 1.82) is 0 Å². The smallest absolute Gasteiger partial charge is 0.416 e. The average molecular weight is 548 g/mol. The second kappa shape index (κ2) is 11.4. The minimum atomic E-state index is -4.46. The maximum absolute atomic E-state index is 12.8. The molecule has 3 aliphatic rings. The summed E-state index contributed by atoms with van der Waals surface area (Å²) >= 11 is 0. The molecule has 39 heavy (non-hydrogen) atoms. The Bertz CT molecular complexity index is 1180. The molecule has 2 aromatic carbocycles. The van der Waals surface area contributed by atoms with Crippen molar-refractivity contribution in [1.82, 2.24) is 5.32 Å². The number of hydrogen-bond acceptors (Lipinski definition) is 5. The number of benzene rings is 2. The third kappa shape index (κ3) is 6.47. The lowest BCUT2D eigenvalue weighted by Crippen LogP contribution is -2.48. The van der Waals surface area contributed by atoms with Crippen LogP contribution in [0.1, 0.15) is 62.0 Å². The average Bonchev–Trinajstić information content (AvgIpc) is 3.26. The summed E-state index contributed by atoms with van der Waals surface area (Å²) < 4.78 is 50.4. The third-order valence-corrected chi connectivity index (χ3v) is 7.61. The number of ether oxygens (including phenoxy) is 2. The molecule has 210 valence electrons. The Labute approximate surface area is 224 Å². The van der Waals surface area contributed by atoms with Gasteiger partial charge in [0.25, 0.3) is 0 Å². The van der Waals surface area contributed by atoms with E-state index in [0.29, 0.717) is 17.9 Å². The van der Waals surface area contributed by atoms with Crippen LogP contribution in [0, 0.1) is 0 Å². The summed E-state index contributed by atoms with van der Waals surface area (Å²) in [4.78, 5) is 25.2. The van der Waals surface area contributed by atoms with Gasteiger partial charge in [0.2, 0.25) is 5.91 Å². The van der Waals surface area contributed by atoms with Gasteiger partial charge in [-0.1, -0.05) is 19.3 Å². The number of fused-ring (bicyclic) bond motifs is 3. The molecule has 0 bridgehead atoms. The molecule has 4 atom stereocenters. The maximum Gasteiger partial charge on any atom is 0.416 e. The number of amides is 3. The van der Waals surface area contributed by atoms with Crippen molar-refractivity contribution in [2.45, 2.75) is 81.4 Å². The Morgan fingerprint density at radius 2 is 1.67 bits per heavy atom. The number of carbonyl (C=O) groups is 2. The molecule has 4 N–H and O–H groups in total. The van der Waals surface area contributed by atoms with Crippen LogP contribution < -0.4 is 20.7 Å². The van der Waals surface area contributed by atoms with E-state index >= 15 is 0 Å². The number of halogens is 3. The highest BCUT2D eigenvalue weighted by Gasteiger charge is 2.46. The van der Waals surface area contributed by atoms with Gasteiger partial charge in [0.15, 0.2) is 0 Å². The van der Waals surface area contributed by atoms with E-state index in [0.717, 1.165) is 43.4 Å². The molecule has 0 unspecified atom stereocenters. The van der Waals surface area contributed by atoms with Crippen LogP contribution in [0.25, 0.3) is 0 Å². The van der Waals surface area contributed by atoms with Crippen molar-refractivity contribution in [3.05, 3.63) is 53.6 Å². The number of nitrogens with one attached hydrogen (secondary N) is 3. The SMILES string of the molecule is O=C(C[C@@H]1C[C@@H]2c3cc(NC(=O)Nc4ccc(C(F)(F)F)cc4)ccc3O[C@@H]2[C@@H](CO)O1)NC1CCCCC1. The summed E-state index contributed by atoms with van der Waals surface area (Å²) in [7, 11) is 0. The molecule has 2 aromatic rings. The summed E-state index contributed by atoms with van der Waals surface area (Å²) in [6.45, 7) is -0.253. The Balaban J connectivity index is 1.22. The van der Waals surface area contributed by atoms with Crippen molar-refractivity contribution in [3.8, 4) is 5.75 Å². The molecule has 1 saturated heterocycles. The molecule has 11 heteroatoms. The van der Waals surface area contributed by atoms with Gasteiger partial charge in [0, 0.05) is 28.9 Å². The van der Waals surface area contributed by atoms with Crippen LogP contribution in [0.4, 0.5) is 29.3 Å². The largest absolute Gasteiger partial charge is 0.487 e. The van der Waals surface area contributed by atoms with Crippen LogP contribution in [0.15, 0.2) is 42.5 Å². The summed E-state index contributed by atoms with van der Waals surface area (Å²) in [5.41, 5.74) is 0.728. The predicted molar refractivity (Wildman–Crippen MR) is 138 cm³/mol. The molecule has 0 radical (unpaired) electrons. The zero-order valence-electron chi connectivity index (χ0n) is 21.3. The molecule has 5 rings (SSSR count). The van der Waals surface area contributed by atoms with Gasteiger partial charge in [-0.15, -0.1) is 0 Å². The van der Waals surface area contributed by atoms with E-state index in [4.69, 9.17) is 9.47 Å². The van der Waals surface area contributed by atoms with Crippen LogP contribution in [0.5, 0.6) is 5.75 Å². The summed E-state index contributed by atoms with van der Waals surface area (Å²) in [5.74, 6) is 0.419. The fourth-order valence-corrected chi connectivity index (χ4v) is 5.74. The fourth-order valence-electron chi connectivity index (χ4n) is 5.74. The molecule has 2 heterocycles. The second-order valence-corrected chi connectivity index (χ2v) is 10.4. The van der Waals surface area contributed by atoms with E-state index in [1.165, 1.54) is 18.6 Å². The molecule has 2 fully saturated rings. The van der Waals surface area contributed by atoms with Crippen molar-refractivity contribution >= 4 is 23.3 Å². The van der Waals surface area contributed by atoms with E-state index in [2.05, 4.69) is 16.0 Å². The van der Waals surface area contributed by atoms with Crippen molar-refractivity contribution in [3.63, 3.8) is 0 Å². The lowest BCUT2D eigenvalue weighted by atomic mass is 9.84. The first-order valence-electron chi connectivity index (χ1n) is 13.3. The summed E-state index contributed by atoms with van der Waals surface area (Å²) in [6.07, 6.45) is 0.279. The highest BCUT2D eigenvalue weighted by molar-refractivity contribution is 5.99. The number of carbonyl (C=O) groups excluding carboxylic acids is 2. The maximum atomic E-state index is 12.8. The van der Waals surface area contributed by atoms with Gasteiger partial charge in [0.1, 0.15) is 18.0 Å². The molecule has 1 saturated carbocycles. The lowest BCUT2D eigenvalue weighted by Gasteiger charge is -2.37. The van der Waals surface area contributed by atoms with E-state index in [1.54, 1.807) is 18.2 Å². The highest BCUT2D eigenvalue weighted by Crippen LogP contribution is 2.47. The van der Waals surface area contributed by atoms with Crippen LogP contribution in [0.3, 0.4) is 0 Å². The molecule has 1 aliphatic carbocycles. The van der Waals surface area contributed by atoms with E-state index in [-0.39, 0.29) is 42.7 Å². The van der Waals surface area contributed by atoms with Gasteiger partial charge < -0.3 is 30.5 Å². The molecule has 2 aliphatic heterocycles. The first-order chi connectivity index (χ1) is 18.7. The number of rotatable bonds is 6. The molecular weight excluding hydrogens is 515 g/mol. The minimum absolute atomic E-state index is 0.0588. The highest BCUT2D eigenvalue weighted by atomic mass is 19.4. The zero-order valence-corrected chi connectivity index (χ0v) is 21.3. The molecular formula is C28H32F3N3O5. The van der Waals surface area contributed by atoms with E-state index < -0.39 is 30.0 Å². The van der Waals surface area contributed by atoms with Crippen LogP contribution >= 0.6 is 0 Å². The Morgan fingerprint density at radius 1 is 0.974 bits per heavy atom. The summed E-state index contributed by atoms with van der Waals surface area (Å²) in [5, 5.41) is 18.3. The number of alkyl halides is 3. The topological polar surface area (TPSA) is 109 Å². The minimum Gasteiger partial charge on any atom is -0.487 e. The number of aliphatic hydroxyl groups excluding tert-OH is 1. The quantitative estimate of drug-likeness (QED) is 0.399.